The predicted molar refractivity (Wildman–Crippen MR) is 104 cm³/mol. The summed E-state index contributed by atoms with van der Waals surface area (Å²) in [7, 11) is 0. The fourth-order valence-electron chi connectivity index (χ4n) is 3.37. The van der Waals surface area contributed by atoms with E-state index < -0.39 is 0 Å². The van der Waals surface area contributed by atoms with Gasteiger partial charge in [0.15, 0.2) is 6.61 Å². The molecule has 1 fully saturated rings. The number of rotatable bonds is 5. The first-order valence-corrected chi connectivity index (χ1v) is 9.48. The number of benzene rings is 2. The van der Waals surface area contributed by atoms with Gasteiger partial charge in [-0.15, -0.1) is 0 Å². The molecule has 0 aliphatic carbocycles. The molecule has 0 spiro atoms. The molecule has 2 aromatic carbocycles. The van der Waals surface area contributed by atoms with E-state index in [1.165, 1.54) is 12.1 Å². The Morgan fingerprint density at radius 1 is 1.07 bits per heavy atom. The van der Waals surface area contributed by atoms with Crippen molar-refractivity contribution in [1.82, 2.24) is 9.80 Å². The second-order valence-electron chi connectivity index (χ2n) is 6.91. The summed E-state index contributed by atoms with van der Waals surface area (Å²) < 4.78 is 18.7. The summed E-state index contributed by atoms with van der Waals surface area (Å²) in [5, 5.41) is 0.633. The fraction of sp³-hybridized carbons (Fsp3) is 0.381. The standard InChI is InChI=1S/C21H24ClFN2O2/c1-15-16(2)25(21(26)14-27-20-9-5-18(22)6-10-20)12-11-24(15)13-17-3-7-19(23)8-4-17/h3-10,15-16H,11-14H2,1-2H3/t15-,16+/m0/s1. The molecule has 0 aromatic heterocycles. The number of carbonyl (C=O) groups excluding carboxylic acids is 1. The largest absolute Gasteiger partial charge is 0.484 e. The molecule has 0 radical (unpaired) electrons. The molecule has 3 rings (SSSR count). The highest BCUT2D eigenvalue weighted by Gasteiger charge is 2.33. The van der Waals surface area contributed by atoms with Gasteiger partial charge in [0.25, 0.3) is 5.91 Å². The maximum atomic E-state index is 13.1. The Labute approximate surface area is 164 Å². The zero-order chi connectivity index (χ0) is 19.4. The topological polar surface area (TPSA) is 32.8 Å². The average Bonchev–Trinajstić information content (AvgIpc) is 2.66. The van der Waals surface area contributed by atoms with Crippen LogP contribution in [0.25, 0.3) is 0 Å². The number of nitrogens with zero attached hydrogens (tertiary/aromatic N) is 2. The first kappa shape index (κ1) is 19.6. The normalized spacial score (nSPS) is 20.5. The molecule has 0 N–H and O–H groups in total. The van der Waals surface area contributed by atoms with Crippen molar-refractivity contribution in [2.45, 2.75) is 32.5 Å². The molecule has 1 heterocycles. The lowest BCUT2D eigenvalue weighted by Gasteiger charge is -2.45. The molecule has 1 aliphatic heterocycles. The van der Waals surface area contributed by atoms with Crippen molar-refractivity contribution in [2.75, 3.05) is 19.7 Å². The van der Waals surface area contributed by atoms with Gasteiger partial charge in [0.1, 0.15) is 11.6 Å². The number of hydrogen-bond donors (Lipinski definition) is 0. The van der Waals surface area contributed by atoms with E-state index in [1.807, 2.05) is 17.0 Å². The van der Waals surface area contributed by atoms with Gasteiger partial charge in [-0.05, 0) is 55.8 Å². The lowest BCUT2D eigenvalue weighted by Crippen LogP contribution is -2.59. The van der Waals surface area contributed by atoms with E-state index in [0.717, 1.165) is 18.7 Å². The molecule has 1 saturated heterocycles. The Morgan fingerprint density at radius 3 is 2.41 bits per heavy atom. The van der Waals surface area contributed by atoms with Crippen LogP contribution in [0.1, 0.15) is 19.4 Å². The second kappa shape index (κ2) is 8.72. The maximum absolute atomic E-state index is 13.1. The van der Waals surface area contributed by atoms with Crippen LogP contribution in [0.15, 0.2) is 48.5 Å². The van der Waals surface area contributed by atoms with Crippen molar-refractivity contribution in [3.05, 3.63) is 64.9 Å². The van der Waals surface area contributed by atoms with Crippen molar-refractivity contribution in [3.63, 3.8) is 0 Å². The third kappa shape index (κ3) is 4.99. The van der Waals surface area contributed by atoms with E-state index in [1.54, 1.807) is 24.3 Å². The van der Waals surface area contributed by atoms with Crippen LogP contribution in [0.3, 0.4) is 0 Å². The highest BCUT2D eigenvalue weighted by Crippen LogP contribution is 2.21. The summed E-state index contributed by atoms with van der Waals surface area (Å²) in [5.74, 6) is 0.380. The molecule has 6 heteroatoms. The summed E-state index contributed by atoms with van der Waals surface area (Å²) in [5.41, 5.74) is 1.07. The minimum absolute atomic E-state index is 0.0106. The Hall–Kier alpha value is -2.11. The van der Waals surface area contributed by atoms with Gasteiger partial charge in [0, 0.05) is 36.7 Å². The van der Waals surface area contributed by atoms with Gasteiger partial charge in [-0.1, -0.05) is 23.7 Å². The van der Waals surface area contributed by atoms with Gasteiger partial charge in [-0.25, -0.2) is 4.39 Å². The number of hydrogen-bond acceptors (Lipinski definition) is 3. The summed E-state index contributed by atoms with van der Waals surface area (Å²) in [6, 6.07) is 13.8. The Bertz CT molecular complexity index is 767. The van der Waals surface area contributed by atoms with Gasteiger partial charge in [0.05, 0.1) is 0 Å². The van der Waals surface area contributed by atoms with Crippen molar-refractivity contribution in [3.8, 4) is 5.75 Å². The van der Waals surface area contributed by atoms with E-state index in [0.29, 0.717) is 17.3 Å². The molecule has 144 valence electrons. The molecule has 2 aromatic rings. The monoisotopic (exact) mass is 390 g/mol. The number of amides is 1. The summed E-state index contributed by atoms with van der Waals surface area (Å²) >= 11 is 5.86. The van der Waals surface area contributed by atoms with E-state index >= 15 is 0 Å². The molecule has 0 bridgehead atoms. The molecule has 1 aliphatic rings. The number of halogens is 2. The molecule has 27 heavy (non-hydrogen) atoms. The minimum Gasteiger partial charge on any atom is -0.484 e. The van der Waals surface area contributed by atoms with Crippen LogP contribution in [-0.2, 0) is 11.3 Å². The molecule has 1 amide bonds. The molecule has 0 saturated carbocycles. The van der Waals surface area contributed by atoms with Crippen molar-refractivity contribution < 1.29 is 13.9 Å². The average molecular weight is 391 g/mol. The number of piperazine rings is 1. The van der Waals surface area contributed by atoms with Gasteiger partial charge < -0.3 is 9.64 Å². The minimum atomic E-state index is -0.226. The lowest BCUT2D eigenvalue weighted by atomic mass is 10.0. The third-order valence-corrected chi connectivity index (χ3v) is 5.44. The number of carbonyl (C=O) groups is 1. The molecular formula is C21H24ClFN2O2. The van der Waals surface area contributed by atoms with Crippen LogP contribution in [0, 0.1) is 5.82 Å². The van der Waals surface area contributed by atoms with Gasteiger partial charge >= 0.3 is 0 Å². The van der Waals surface area contributed by atoms with Gasteiger partial charge in [-0.2, -0.15) is 0 Å². The van der Waals surface area contributed by atoms with E-state index in [9.17, 15) is 9.18 Å². The Morgan fingerprint density at radius 2 is 1.74 bits per heavy atom. The fourth-order valence-corrected chi connectivity index (χ4v) is 3.49. The van der Waals surface area contributed by atoms with Crippen LogP contribution < -0.4 is 4.74 Å². The van der Waals surface area contributed by atoms with Crippen LogP contribution in [0.4, 0.5) is 4.39 Å². The second-order valence-corrected chi connectivity index (χ2v) is 7.34. The smallest absolute Gasteiger partial charge is 0.260 e. The van der Waals surface area contributed by atoms with E-state index in [4.69, 9.17) is 16.3 Å². The quantitative estimate of drug-likeness (QED) is 0.774. The Kier molecular flexibility index (Phi) is 6.34. The predicted octanol–water partition coefficient (Wildman–Crippen LogP) is 3.98. The Balaban J connectivity index is 1.55. The van der Waals surface area contributed by atoms with Gasteiger partial charge in [0.2, 0.25) is 0 Å². The highest BCUT2D eigenvalue weighted by atomic mass is 35.5. The van der Waals surface area contributed by atoms with Crippen molar-refractivity contribution in [2.24, 2.45) is 0 Å². The van der Waals surface area contributed by atoms with Crippen molar-refractivity contribution >= 4 is 17.5 Å². The van der Waals surface area contributed by atoms with Crippen LogP contribution in [0.2, 0.25) is 5.02 Å². The zero-order valence-corrected chi connectivity index (χ0v) is 16.3. The molecular weight excluding hydrogens is 367 g/mol. The zero-order valence-electron chi connectivity index (χ0n) is 15.6. The first-order chi connectivity index (χ1) is 12.9. The van der Waals surface area contributed by atoms with Gasteiger partial charge in [-0.3, -0.25) is 9.69 Å². The molecule has 4 nitrogen and oxygen atoms in total. The summed E-state index contributed by atoms with van der Waals surface area (Å²) in [4.78, 5) is 16.8. The van der Waals surface area contributed by atoms with Crippen LogP contribution in [-0.4, -0.2) is 47.5 Å². The first-order valence-electron chi connectivity index (χ1n) is 9.10. The third-order valence-electron chi connectivity index (χ3n) is 5.19. The van der Waals surface area contributed by atoms with Crippen LogP contribution >= 0.6 is 11.6 Å². The van der Waals surface area contributed by atoms with E-state index in [-0.39, 0.29) is 30.4 Å². The van der Waals surface area contributed by atoms with E-state index in [2.05, 4.69) is 18.7 Å². The van der Waals surface area contributed by atoms with Crippen LogP contribution in [0.5, 0.6) is 5.75 Å². The molecule has 0 unspecified atom stereocenters. The molecule has 2 atom stereocenters. The lowest BCUT2D eigenvalue weighted by molar-refractivity contribution is -0.139. The maximum Gasteiger partial charge on any atom is 0.260 e. The summed E-state index contributed by atoms with van der Waals surface area (Å²) in [6.45, 7) is 6.35. The SMILES string of the molecule is C[C@@H]1[C@H](C)N(Cc2ccc(F)cc2)CCN1C(=O)COc1ccc(Cl)cc1. The van der Waals surface area contributed by atoms with Crippen molar-refractivity contribution in [1.29, 1.82) is 0 Å². The summed E-state index contributed by atoms with van der Waals surface area (Å²) in [6.07, 6.45) is 0. The highest BCUT2D eigenvalue weighted by molar-refractivity contribution is 6.30. The number of ether oxygens (including phenoxy) is 1.